The van der Waals surface area contributed by atoms with Gasteiger partial charge in [0.25, 0.3) is 0 Å². The Bertz CT molecular complexity index is 379. The fourth-order valence-electron chi connectivity index (χ4n) is 2.79. The van der Waals surface area contributed by atoms with Crippen molar-refractivity contribution >= 4 is 36.6 Å². The van der Waals surface area contributed by atoms with Gasteiger partial charge in [-0.2, -0.15) is 0 Å². The zero-order valence-corrected chi connectivity index (χ0v) is 15.4. The number of nitrogens with zero attached hydrogens (tertiary/aromatic N) is 2. The van der Waals surface area contributed by atoms with Crippen LogP contribution in [0.1, 0.15) is 13.8 Å². The van der Waals surface area contributed by atoms with Crippen molar-refractivity contribution in [3.05, 3.63) is 0 Å². The lowest BCUT2D eigenvalue weighted by Crippen LogP contribution is -2.60. The number of halogens is 2. The van der Waals surface area contributed by atoms with Gasteiger partial charge in [0.15, 0.2) is 0 Å². The fourth-order valence-corrected chi connectivity index (χ4v) is 2.79. The number of carbonyl (C=O) groups is 2. The van der Waals surface area contributed by atoms with Crippen LogP contribution in [0.2, 0.25) is 0 Å². The minimum absolute atomic E-state index is 0. The minimum Gasteiger partial charge on any atom is -0.375 e. The van der Waals surface area contributed by atoms with Gasteiger partial charge in [-0.05, 0) is 13.8 Å². The lowest BCUT2D eigenvalue weighted by Gasteiger charge is -2.38. The largest absolute Gasteiger partial charge is 0.375 e. The molecule has 2 saturated heterocycles. The molecule has 7 nitrogen and oxygen atoms in total. The number of rotatable bonds is 4. The summed E-state index contributed by atoms with van der Waals surface area (Å²) in [6.45, 7) is 9.11. The van der Waals surface area contributed by atoms with Crippen LogP contribution >= 0.6 is 24.8 Å². The van der Waals surface area contributed by atoms with Crippen LogP contribution in [0.4, 0.5) is 0 Å². The molecule has 2 atom stereocenters. The maximum Gasteiger partial charge on any atom is 0.242 e. The molecule has 0 bridgehead atoms. The van der Waals surface area contributed by atoms with Crippen molar-refractivity contribution in [3.63, 3.8) is 0 Å². The van der Waals surface area contributed by atoms with E-state index in [1.54, 1.807) is 0 Å². The van der Waals surface area contributed by atoms with Gasteiger partial charge in [0.05, 0.1) is 19.3 Å². The fraction of sp³-hybridized carbons (Fsp3) is 0.857. The number of ether oxygens (including phenoxy) is 1. The normalized spacial score (nSPS) is 25.0. The number of morpholine rings is 1. The van der Waals surface area contributed by atoms with Crippen LogP contribution in [0.25, 0.3) is 0 Å². The molecule has 23 heavy (non-hydrogen) atoms. The van der Waals surface area contributed by atoms with E-state index < -0.39 is 0 Å². The molecule has 0 unspecified atom stereocenters. The standard InChI is InChI=1S/C14H26N4O3.2ClH/c1-3-15-12(19)10-17-5-7-18(8-6-17)14(20)13-11(2)21-9-4-16-13;;/h11,13,16H,3-10H2,1-2H3,(H,15,19);2*1H/t11-,13+;;/m1../s1. The molecule has 0 aromatic heterocycles. The lowest BCUT2D eigenvalue weighted by atomic mass is 10.1. The summed E-state index contributed by atoms with van der Waals surface area (Å²) in [5, 5.41) is 6.03. The highest BCUT2D eigenvalue weighted by molar-refractivity contribution is 5.85. The minimum atomic E-state index is -0.242. The molecule has 0 aromatic carbocycles. The third-order valence-corrected chi connectivity index (χ3v) is 4.01. The summed E-state index contributed by atoms with van der Waals surface area (Å²) in [6, 6.07) is -0.242. The summed E-state index contributed by atoms with van der Waals surface area (Å²) in [7, 11) is 0. The molecule has 0 aliphatic carbocycles. The highest BCUT2D eigenvalue weighted by Gasteiger charge is 2.33. The van der Waals surface area contributed by atoms with Crippen molar-refractivity contribution in [2.24, 2.45) is 0 Å². The molecule has 2 rings (SSSR count). The number of likely N-dealkylation sites (N-methyl/N-ethyl adjacent to an activating group) is 1. The van der Waals surface area contributed by atoms with Crippen LogP contribution in [0.5, 0.6) is 0 Å². The molecule has 136 valence electrons. The lowest BCUT2D eigenvalue weighted by molar-refractivity contribution is -0.141. The van der Waals surface area contributed by atoms with Crippen LogP contribution in [0.3, 0.4) is 0 Å². The summed E-state index contributed by atoms with van der Waals surface area (Å²) in [6.07, 6.45) is -0.0837. The molecule has 2 heterocycles. The third-order valence-electron chi connectivity index (χ3n) is 4.01. The number of piperazine rings is 1. The zero-order chi connectivity index (χ0) is 15.2. The van der Waals surface area contributed by atoms with Crippen molar-refractivity contribution < 1.29 is 14.3 Å². The van der Waals surface area contributed by atoms with E-state index in [0.29, 0.717) is 32.8 Å². The van der Waals surface area contributed by atoms with E-state index in [1.807, 2.05) is 18.7 Å². The Morgan fingerprint density at radius 2 is 1.87 bits per heavy atom. The Morgan fingerprint density at radius 1 is 1.22 bits per heavy atom. The Balaban J connectivity index is 0.00000242. The van der Waals surface area contributed by atoms with E-state index in [9.17, 15) is 9.59 Å². The van der Waals surface area contributed by atoms with Crippen LogP contribution in [0, 0.1) is 0 Å². The molecular formula is C14H28Cl2N4O3. The van der Waals surface area contributed by atoms with Crippen molar-refractivity contribution in [1.82, 2.24) is 20.4 Å². The SMILES string of the molecule is CCNC(=O)CN1CCN(C(=O)[C@H]2NCCO[C@@H]2C)CC1.Cl.Cl. The molecular weight excluding hydrogens is 343 g/mol. The summed E-state index contributed by atoms with van der Waals surface area (Å²) in [4.78, 5) is 28.0. The Hall–Kier alpha value is -0.600. The van der Waals surface area contributed by atoms with E-state index in [1.165, 1.54) is 0 Å². The Kier molecular flexibility index (Phi) is 10.8. The predicted octanol–water partition coefficient (Wildman–Crippen LogP) is -0.513. The van der Waals surface area contributed by atoms with E-state index in [-0.39, 0.29) is 48.8 Å². The topological polar surface area (TPSA) is 73.9 Å². The molecule has 0 saturated carbocycles. The van der Waals surface area contributed by atoms with Crippen LogP contribution in [0.15, 0.2) is 0 Å². The monoisotopic (exact) mass is 370 g/mol. The molecule has 2 amide bonds. The molecule has 2 aliphatic heterocycles. The van der Waals surface area contributed by atoms with Gasteiger partial charge < -0.3 is 20.3 Å². The summed E-state index contributed by atoms with van der Waals surface area (Å²) >= 11 is 0. The van der Waals surface area contributed by atoms with Gasteiger partial charge in [0, 0.05) is 39.3 Å². The first-order valence-electron chi connectivity index (χ1n) is 7.74. The number of hydrogen-bond acceptors (Lipinski definition) is 5. The van der Waals surface area contributed by atoms with Gasteiger partial charge in [-0.3, -0.25) is 14.5 Å². The predicted molar refractivity (Wildman–Crippen MR) is 93.4 cm³/mol. The van der Waals surface area contributed by atoms with Gasteiger partial charge in [-0.15, -0.1) is 24.8 Å². The molecule has 2 aliphatic rings. The van der Waals surface area contributed by atoms with Gasteiger partial charge in [0.2, 0.25) is 11.8 Å². The summed E-state index contributed by atoms with van der Waals surface area (Å²) in [5.41, 5.74) is 0. The number of hydrogen-bond donors (Lipinski definition) is 2. The number of amides is 2. The summed E-state index contributed by atoms with van der Waals surface area (Å²) < 4.78 is 5.53. The Morgan fingerprint density at radius 3 is 2.43 bits per heavy atom. The molecule has 2 N–H and O–H groups in total. The average molecular weight is 371 g/mol. The maximum absolute atomic E-state index is 12.5. The highest BCUT2D eigenvalue weighted by Crippen LogP contribution is 2.10. The van der Waals surface area contributed by atoms with Crippen LogP contribution in [-0.4, -0.2) is 86.2 Å². The zero-order valence-electron chi connectivity index (χ0n) is 13.7. The molecule has 9 heteroatoms. The number of nitrogens with one attached hydrogen (secondary N) is 2. The van der Waals surface area contributed by atoms with Crippen molar-refractivity contribution in [1.29, 1.82) is 0 Å². The van der Waals surface area contributed by atoms with E-state index in [0.717, 1.165) is 19.6 Å². The Labute approximate surface area is 150 Å². The number of carbonyl (C=O) groups excluding carboxylic acids is 2. The first kappa shape index (κ1) is 22.4. The van der Waals surface area contributed by atoms with Gasteiger partial charge in [0.1, 0.15) is 6.04 Å². The molecule has 0 radical (unpaired) electrons. The third kappa shape index (κ3) is 6.43. The average Bonchev–Trinajstić information content (AvgIpc) is 2.48. The van der Waals surface area contributed by atoms with Gasteiger partial charge in [-0.25, -0.2) is 0 Å². The summed E-state index contributed by atoms with van der Waals surface area (Å²) in [5.74, 6) is 0.160. The highest BCUT2D eigenvalue weighted by atomic mass is 35.5. The maximum atomic E-state index is 12.5. The van der Waals surface area contributed by atoms with E-state index in [4.69, 9.17) is 4.74 Å². The second-order valence-corrected chi connectivity index (χ2v) is 5.56. The van der Waals surface area contributed by atoms with E-state index >= 15 is 0 Å². The van der Waals surface area contributed by atoms with Gasteiger partial charge in [-0.1, -0.05) is 0 Å². The molecule has 0 spiro atoms. The molecule has 2 fully saturated rings. The van der Waals surface area contributed by atoms with Crippen LogP contribution in [-0.2, 0) is 14.3 Å². The first-order valence-corrected chi connectivity index (χ1v) is 7.74. The van der Waals surface area contributed by atoms with Gasteiger partial charge >= 0.3 is 0 Å². The quantitative estimate of drug-likeness (QED) is 0.696. The second kappa shape index (κ2) is 11.0. The smallest absolute Gasteiger partial charge is 0.242 e. The van der Waals surface area contributed by atoms with Crippen molar-refractivity contribution in [3.8, 4) is 0 Å². The van der Waals surface area contributed by atoms with Crippen molar-refractivity contribution in [2.45, 2.75) is 26.0 Å². The van der Waals surface area contributed by atoms with Crippen LogP contribution < -0.4 is 10.6 Å². The van der Waals surface area contributed by atoms with E-state index in [2.05, 4.69) is 15.5 Å². The second-order valence-electron chi connectivity index (χ2n) is 5.56. The van der Waals surface area contributed by atoms with Crippen molar-refractivity contribution in [2.75, 3.05) is 52.4 Å². The molecule has 0 aromatic rings. The first-order chi connectivity index (χ1) is 10.1.